The van der Waals surface area contributed by atoms with Crippen molar-refractivity contribution < 1.29 is 14.1 Å². The highest BCUT2D eigenvalue weighted by Gasteiger charge is 2.34. The van der Waals surface area contributed by atoms with E-state index in [2.05, 4.69) is 5.16 Å². The van der Waals surface area contributed by atoms with Crippen LogP contribution in [0.4, 0.5) is 0 Å². The van der Waals surface area contributed by atoms with E-state index >= 15 is 0 Å². The SMILES string of the molecule is O=C1CC[C@H](OCc2c(-c3c(Cl)cccc3Cl)noc2C2CC2)C1. The minimum absolute atomic E-state index is 0.0194. The Labute approximate surface area is 150 Å². The maximum absolute atomic E-state index is 11.4. The van der Waals surface area contributed by atoms with Crippen molar-refractivity contribution >= 4 is 29.0 Å². The highest BCUT2D eigenvalue weighted by atomic mass is 35.5. The number of carbonyl (C=O) groups excluding carboxylic acids is 1. The van der Waals surface area contributed by atoms with E-state index in [0.717, 1.165) is 30.6 Å². The van der Waals surface area contributed by atoms with Gasteiger partial charge in [0.1, 0.15) is 17.2 Å². The molecule has 4 nitrogen and oxygen atoms in total. The molecule has 1 heterocycles. The molecule has 1 atom stereocenters. The first-order valence-corrected chi connectivity index (χ1v) is 8.95. The van der Waals surface area contributed by atoms with Crippen LogP contribution in [0.2, 0.25) is 10.0 Å². The molecule has 6 heteroatoms. The van der Waals surface area contributed by atoms with E-state index < -0.39 is 0 Å². The predicted molar refractivity (Wildman–Crippen MR) is 91.4 cm³/mol. The average Bonchev–Trinajstić information content (AvgIpc) is 3.18. The first-order chi connectivity index (χ1) is 11.6. The summed E-state index contributed by atoms with van der Waals surface area (Å²) >= 11 is 12.7. The Morgan fingerprint density at radius 3 is 2.58 bits per heavy atom. The first-order valence-electron chi connectivity index (χ1n) is 8.19. The van der Waals surface area contributed by atoms with Crippen LogP contribution in [0, 0.1) is 0 Å². The molecule has 2 aliphatic carbocycles. The number of carbonyl (C=O) groups is 1. The summed E-state index contributed by atoms with van der Waals surface area (Å²) in [4.78, 5) is 11.4. The van der Waals surface area contributed by atoms with Crippen molar-refractivity contribution in [2.75, 3.05) is 0 Å². The summed E-state index contributed by atoms with van der Waals surface area (Å²) < 4.78 is 11.6. The number of ether oxygens (including phenoxy) is 1. The van der Waals surface area contributed by atoms with Crippen LogP contribution in [0.15, 0.2) is 22.7 Å². The number of nitrogens with zero attached hydrogens (tertiary/aromatic N) is 1. The monoisotopic (exact) mass is 365 g/mol. The molecule has 24 heavy (non-hydrogen) atoms. The molecule has 0 aliphatic heterocycles. The smallest absolute Gasteiger partial charge is 0.145 e. The number of ketones is 1. The average molecular weight is 366 g/mol. The van der Waals surface area contributed by atoms with Gasteiger partial charge in [-0.15, -0.1) is 0 Å². The van der Waals surface area contributed by atoms with Gasteiger partial charge in [0.15, 0.2) is 0 Å². The van der Waals surface area contributed by atoms with E-state index in [1.165, 1.54) is 0 Å². The molecule has 2 saturated carbocycles. The van der Waals surface area contributed by atoms with Gasteiger partial charge in [-0.1, -0.05) is 34.4 Å². The van der Waals surface area contributed by atoms with E-state index in [1.807, 2.05) is 0 Å². The normalized spacial score (nSPS) is 20.8. The van der Waals surface area contributed by atoms with Crippen LogP contribution in [-0.4, -0.2) is 17.0 Å². The van der Waals surface area contributed by atoms with Crippen LogP contribution < -0.4 is 0 Å². The van der Waals surface area contributed by atoms with Crippen LogP contribution >= 0.6 is 23.2 Å². The summed E-state index contributed by atoms with van der Waals surface area (Å²) in [5.74, 6) is 1.53. The lowest BCUT2D eigenvalue weighted by molar-refractivity contribution is -0.118. The van der Waals surface area contributed by atoms with Crippen molar-refractivity contribution in [3.63, 3.8) is 0 Å². The third kappa shape index (κ3) is 3.10. The van der Waals surface area contributed by atoms with Gasteiger partial charge in [-0.2, -0.15) is 0 Å². The molecule has 0 radical (unpaired) electrons. The lowest BCUT2D eigenvalue weighted by Gasteiger charge is -2.12. The maximum Gasteiger partial charge on any atom is 0.145 e. The maximum atomic E-state index is 11.4. The Hall–Kier alpha value is -1.36. The van der Waals surface area contributed by atoms with Gasteiger partial charge in [0.25, 0.3) is 0 Å². The number of hydrogen-bond donors (Lipinski definition) is 0. The molecule has 2 fully saturated rings. The van der Waals surface area contributed by atoms with E-state index in [9.17, 15) is 4.79 Å². The van der Waals surface area contributed by atoms with Crippen molar-refractivity contribution in [1.82, 2.24) is 5.16 Å². The summed E-state index contributed by atoms with van der Waals surface area (Å²) in [6.07, 6.45) is 4.05. The second kappa shape index (κ2) is 6.51. The molecule has 126 valence electrons. The third-order valence-corrected chi connectivity index (χ3v) is 5.26. The predicted octanol–water partition coefficient (Wildman–Crippen LogP) is 5.16. The quantitative estimate of drug-likeness (QED) is 0.733. The van der Waals surface area contributed by atoms with Crippen LogP contribution in [0.1, 0.15) is 49.3 Å². The van der Waals surface area contributed by atoms with Gasteiger partial charge in [0.2, 0.25) is 0 Å². The molecule has 2 aromatic rings. The van der Waals surface area contributed by atoms with Gasteiger partial charge in [-0.3, -0.25) is 4.79 Å². The van der Waals surface area contributed by atoms with Gasteiger partial charge < -0.3 is 9.26 Å². The second-order valence-corrected chi connectivity index (χ2v) is 7.27. The molecule has 0 bridgehead atoms. The Kier molecular flexibility index (Phi) is 4.37. The standard InChI is InChI=1S/C18H17Cl2NO3/c19-14-2-1-3-15(20)16(14)17-13(18(24-21-17)10-4-5-10)9-23-12-7-6-11(22)8-12/h1-3,10,12H,4-9H2/t12-/m0/s1. The zero-order valence-corrected chi connectivity index (χ0v) is 14.6. The van der Waals surface area contributed by atoms with Crippen molar-refractivity contribution in [3.05, 3.63) is 39.6 Å². The minimum atomic E-state index is -0.0194. The summed E-state index contributed by atoms with van der Waals surface area (Å²) in [7, 11) is 0. The molecule has 2 aliphatic rings. The fourth-order valence-corrected chi connectivity index (χ4v) is 3.75. The Morgan fingerprint density at radius 2 is 1.96 bits per heavy atom. The van der Waals surface area contributed by atoms with E-state index in [-0.39, 0.29) is 11.9 Å². The number of Topliss-reactive ketones (excluding diaryl/α,β-unsaturated/α-hetero) is 1. The van der Waals surface area contributed by atoms with Gasteiger partial charge >= 0.3 is 0 Å². The fourth-order valence-electron chi connectivity index (χ4n) is 3.17. The van der Waals surface area contributed by atoms with Crippen molar-refractivity contribution in [1.29, 1.82) is 0 Å². The molecule has 1 aromatic heterocycles. The molecule has 4 rings (SSSR count). The third-order valence-electron chi connectivity index (χ3n) is 4.63. The first kappa shape index (κ1) is 16.1. The van der Waals surface area contributed by atoms with Gasteiger partial charge in [-0.25, -0.2) is 0 Å². The summed E-state index contributed by atoms with van der Waals surface area (Å²) in [5.41, 5.74) is 2.24. The molecule has 0 spiro atoms. The number of halogens is 2. The lowest BCUT2D eigenvalue weighted by Crippen LogP contribution is -2.09. The lowest BCUT2D eigenvalue weighted by atomic mass is 10.0. The zero-order chi connectivity index (χ0) is 16.7. The topological polar surface area (TPSA) is 52.3 Å². The van der Waals surface area contributed by atoms with E-state index in [0.29, 0.717) is 46.7 Å². The van der Waals surface area contributed by atoms with Crippen LogP contribution in [0.5, 0.6) is 0 Å². The van der Waals surface area contributed by atoms with Crippen LogP contribution in [0.3, 0.4) is 0 Å². The van der Waals surface area contributed by atoms with Crippen molar-refractivity contribution in [2.24, 2.45) is 0 Å². The van der Waals surface area contributed by atoms with Crippen molar-refractivity contribution in [3.8, 4) is 11.3 Å². The summed E-state index contributed by atoms with van der Waals surface area (Å²) in [6, 6.07) is 5.37. The van der Waals surface area contributed by atoms with Gasteiger partial charge in [0, 0.05) is 29.9 Å². The number of benzene rings is 1. The van der Waals surface area contributed by atoms with Gasteiger partial charge in [-0.05, 0) is 31.4 Å². The minimum Gasteiger partial charge on any atom is -0.373 e. The molecule has 0 amide bonds. The van der Waals surface area contributed by atoms with Crippen LogP contribution in [0.25, 0.3) is 11.3 Å². The Balaban J connectivity index is 1.66. The molecule has 0 unspecified atom stereocenters. The van der Waals surface area contributed by atoms with Gasteiger partial charge in [0.05, 0.1) is 22.8 Å². The van der Waals surface area contributed by atoms with E-state index in [1.54, 1.807) is 18.2 Å². The number of aromatic nitrogens is 1. The number of rotatable bonds is 5. The Bertz CT molecular complexity index is 762. The van der Waals surface area contributed by atoms with Crippen molar-refractivity contribution in [2.45, 2.75) is 50.7 Å². The fraction of sp³-hybridized carbons (Fsp3) is 0.444. The zero-order valence-electron chi connectivity index (χ0n) is 13.1. The highest BCUT2D eigenvalue weighted by molar-refractivity contribution is 6.39. The van der Waals surface area contributed by atoms with Crippen LogP contribution in [-0.2, 0) is 16.1 Å². The van der Waals surface area contributed by atoms with E-state index in [4.69, 9.17) is 32.5 Å². The molecule has 1 aromatic carbocycles. The highest BCUT2D eigenvalue weighted by Crippen LogP contribution is 2.46. The number of hydrogen-bond acceptors (Lipinski definition) is 4. The molecule has 0 N–H and O–H groups in total. The molecular formula is C18H17Cl2NO3. The summed E-state index contributed by atoms with van der Waals surface area (Å²) in [6.45, 7) is 0.365. The summed E-state index contributed by atoms with van der Waals surface area (Å²) in [5, 5.41) is 5.31. The molecular weight excluding hydrogens is 349 g/mol. The second-order valence-electron chi connectivity index (χ2n) is 6.46. The molecule has 0 saturated heterocycles. The Morgan fingerprint density at radius 1 is 1.21 bits per heavy atom. The largest absolute Gasteiger partial charge is 0.373 e.